The topological polar surface area (TPSA) is 91.6 Å². The standard InChI is InChI=1S/C13H20N2O4/c1-5-13(4,11(16)17)15-12(18)14-9(3)10-7-6-8(2)19-10/h6-7,9H,5H2,1-4H3,(H,16,17)(H2,14,15,18). The van der Waals surface area contributed by atoms with Gasteiger partial charge in [0, 0.05) is 0 Å². The van der Waals surface area contributed by atoms with Gasteiger partial charge in [0.1, 0.15) is 17.1 Å². The summed E-state index contributed by atoms with van der Waals surface area (Å²) in [6.07, 6.45) is 0.296. The number of carboxylic acid groups (broad SMARTS) is 1. The summed E-state index contributed by atoms with van der Waals surface area (Å²) in [7, 11) is 0. The molecule has 0 fully saturated rings. The van der Waals surface area contributed by atoms with Crippen LogP contribution in [-0.2, 0) is 4.79 Å². The first-order valence-electron chi connectivity index (χ1n) is 6.17. The molecule has 3 N–H and O–H groups in total. The summed E-state index contributed by atoms with van der Waals surface area (Å²) < 4.78 is 5.39. The molecule has 0 bridgehead atoms. The third-order valence-corrected chi connectivity index (χ3v) is 3.10. The van der Waals surface area contributed by atoms with Gasteiger partial charge in [-0.3, -0.25) is 0 Å². The van der Waals surface area contributed by atoms with Crippen LogP contribution in [0.1, 0.15) is 44.8 Å². The van der Waals surface area contributed by atoms with Crippen LogP contribution in [0.4, 0.5) is 4.79 Å². The Morgan fingerprint density at radius 3 is 2.53 bits per heavy atom. The van der Waals surface area contributed by atoms with Crippen LogP contribution in [0.15, 0.2) is 16.5 Å². The van der Waals surface area contributed by atoms with E-state index in [2.05, 4.69) is 10.6 Å². The van der Waals surface area contributed by atoms with Gasteiger partial charge in [-0.1, -0.05) is 6.92 Å². The molecule has 2 unspecified atom stereocenters. The van der Waals surface area contributed by atoms with Crippen molar-refractivity contribution >= 4 is 12.0 Å². The van der Waals surface area contributed by atoms with Crippen molar-refractivity contribution in [3.63, 3.8) is 0 Å². The number of hydrogen-bond acceptors (Lipinski definition) is 3. The van der Waals surface area contributed by atoms with E-state index in [0.29, 0.717) is 12.2 Å². The van der Waals surface area contributed by atoms with E-state index in [4.69, 9.17) is 9.52 Å². The van der Waals surface area contributed by atoms with Gasteiger partial charge in [0.2, 0.25) is 0 Å². The van der Waals surface area contributed by atoms with E-state index in [1.54, 1.807) is 26.0 Å². The van der Waals surface area contributed by atoms with E-state index < -0.39 is 17.5 Å². The Hall–Kier alpha value is -1.98. The molecule has 0 saturated carbocycles. The van der Waals surface area contributed by atoms with Crippen LogP contribution >= 0.6 is 0 Å². The number of aliphatic carboxylic acids is 1. The van der Waals surface area contributed by atoms with Crippen molar-refractivity contribution < 1.29 is 19.1 Å². The van der Waals surface area contributed by atoms with Crippen molar-refractivity contribution in [2.75, 3.05) is 0 Å². The molecule has 0 spiro atoms. The largest absolute Gasteiger partial charge is 0.480 e. The zero-order valence-electron chi connectivity index (χ0n) is 11.6. The minimum atomic E-state index is -1.27. The van der Waals surface area contributed by atoms with Gasteiger partial charge in [0.05, 0.1) is 6.04 Å². The first kappa shape index (κ1) is 15.1. The Balaban J connectivity index is 2.63. The van der Waals surface area contributed by atoms with Gasteiger partial charge in [-0.15, -0.1) is 0 Å². The van der Waals surface area contributed by atoms with Crippen LogP contribution < -0.4 is 10.6 Å². The van der Waals surface area contributed by atoms with E-state index in [9.17, 15) is 9.59 Å². The van der Waals surface area contributed by atoms with Crippen LogP contribution in [0.5, 0.6) is 0 Å². The second kappa shape index (κ2) is 5.77. The third-order valence-electron chi connectivity index (χ3n) is 3.10. The highest BCUT2D eigenvalue weighted by Gasteiger charge is 2.33. The predicted molar refractivity (Wildman–Crippen MR) is 69.9 cm³/mol. The SMILES string of the molecule is CCC(C)(NC(=O)NC(C)c1ccc(C)o1)C(=O)O. The van der Waals surface area contributed by atoms with Crippen LogP contribution in [0.25, 0.3) is 0 Å². The highest BCUT2D eigenvalue weighted by molar-refractivity contribution is 5.85. The molecule has 1 rings (SSSR count). The molecule has 0 aliphatic rings. The van der Waals surface area contributed by atoms with Crippen molar-refractivity contribution in [3.05, 3.63) is 23.7 Å². The molecule has 6 heteroatoms. The van der Waals surface area contributed by atoms with E-state index in [1.165, 1.54) is 6.92 Å². The molecule has 1 aromatic heterocycles. The quantitative estimate of drug-likeness (QED) is 0.763. The number of aryl methyl sites for hydroxylation is 1. The molecule has 0 aliphatic carbocycles. The maximum absolute atomic E-state index is 11.8. The summed E-state index contributed by atoms with van der Waals surface area (Å²) in [5, 5.41) is 14.2. The van der Waals surface area contributed by atoms with Gasteiger partial charge in [0.25, 0.3) is 0 Å². The first-order chi connectivity index (χ1) is 8.78. The third kappa shape index (κ3) is 3.74. The zero-order valence-corrected chi connectivity index (χ0v) is 11.6. The van der Waals surface area contributed by atoms with Gasteiger partial charge in [-0.05, 0) is 39.3 Å². The summed E-state index contributed by atoms with van der Waals surface area (Å²) >= 11 is 0. The minimum Gasteiger partial charge on any atom is -0.480 e. The lowest BCUT2D eigenvalue weighted by Gasteiger charge is -2.25. The Bertz CT molecular complexity index is 469. The van der Waals surface area contributed by atoms with Gasteiger partial charge in [-0.2, -0.15) is 0 Å². The molecular formula is C13H20N2O4. The van der Waals surface area contributed by atoms with E-state index in [-0.39, 0.29) is 6.04 Å². The Kier molecular flexibility index (Phi) is 4.58. The van der Waals surface area contributed by atoms with Crippen LogP contribution in [0.3, 0.4) is 0 Å². The normalized spacial score (nSPS) is 15.4. The highest BCUT2D eigenvalue weighted by Crippen LogP contribution is 2.16. The average molecular weight is 268 g/mol. The monoisotopic (exact) mass is 268 g/mol. The number of hydrogen-bond donors (Lipinski definition) is 3. The van der Waals surface area contributed by atoms with Crippen molar-refractivity contribution in [2.24, 2.45) is 0 Å². The summed E-state index contributed by atoms with van der Waals surface area (Å²) in [6, 6.07) is 2.71. The summed E-state index contributed by atoms with van der Waals surface area (Å²) in [4.78, 5) is 22.9. The predicted octanol–water partition coefficient (Wildman–Crippen LogP) is 2.20. The molecule has 6 nitrogen and oxygen atoms in total. The molecule has 106 valence electrons. The smallest absolute Gasteiger partial charge is 0.329 e. The fraction of sp³-hybridized carbons (Fsp3) is 0.538. The van der Waals surface area contributed by atoms with Crippen molar-refractivity contribution in [2.45, 2.75) is 45.7 Å². The van der Waals surface area contributed by atoms with Crippen molar-refractivity contribution in [1.29, 1.82) is 0 Å². The molecule has 0 aliphatic heterocycles. The molecule has 0 aromatic carbocycles. The average Bonchev–Trinajstić information content (AvgIpc) is 2.75. The maximum Gasteiger partial charge on any atom is 0.329 e. The second-order valence-corrected chi connectivity index (χ2v) is 4.76. The fourth-order valence-electron chi connectivity index (χ4n) is 1.53. The highest BCUT2D eigenvalue weighted by atomic mass is 16.4. The van der Waals surface area contributed by atoms with Gasteiger partial charge in [-0.25, -0.2) is 9.59 Å². The van der Waals surface area contributed by atoms with Crippen LogP contribution in [0.2, 0.25) is 0 Å². The van der Waals surface area contributed by atoms with E-state index in [0.717, 1.165) is 5.76 Å². The number of nitrogens with one attached hydrogen (secondary N) is 2. The lowest BCUT2D eigenvalue weighted by Crippen LogP contribution is -2.55. The first-order valence-corrected chi connectivity index (χ1v) is 6.17. The molecule has 2 atom stereocenters. The number of furan rings is 1. The van der Waals surface area contributed by atoms with Crippen LogP contribution in [-0.4, -0.2) is 22.6 Å². The number of rotatable bonds is 5. The lowest BCUT2D eigenvalue weighted by atomic mass is 10.00. The fourth-order valence-corrected chi connectivity index (χ4v) is 1.53. The second-order valence-electron chi connectivity index (χ2n) is 4.76. The lowest BCUT2D eigenvalue weighted by molar-refractivity contribution is -0.143. The van der Waals surface area contributed by atoms with Crippen molar-refractivity contribution in [1.82, 2.24) is 10.6 Å². The Morgan fingerprint density at radius 2 is 2.11 bits per heavy atom. The van der Waals surface area contributed by atoms with Crippen LogP contribution in [0, 0.1) is 6.92 Å². The molecule has 1 aromatic rings. The summed E-state index contributed by atoms with van der Waals surface area (Å²) in [6.45, 7) is 6.75. The molecular weight excluding hydrogens is 248 g/mol. The minimum absolute atomic E-state index is 0.296. The number of urea groups is 1. The summed E-state index contributed by atoms with van der Waals surface area (Å²) in [5.41, 5.74) is -1.27. The van der Waals surface area contributed by atoms with Crippen molar-refractivity contribution in [3.8, 4) is 0 Å². The van der Waals surface area contributed by atoms with Gasteiger partial charge in [0.15, 0.2) is 0 Å². The van der Waals surface area contributed by atoms with Gasteiger partial charge < -0.3 is 20.2 Å². The van der Waals surface area contributed by atoms with E-state index >= 15 is 0 Å². The number of carbonyl (C=O) groups excluding carboxylic acids is 1. The Morgan fingerprint density at radius 1 is 1.47 bits per heavy atom. The zero-order chi connectivity index (χ0) is 14.6. The van der Waals surface area contributed by atoms with Gasteiger partial charge >= 0.3 is 12.0 Å². The molecule has 0 saturated heterocycles. The summed E-state index contributed by atoms with van der Waals surface area (Å²) in [5.74, 6) is 0.320. The number of carboxylic acids is 1. The molecule has 0 radical (unpaired) electrons. The maximum atomic E-state index is 11.8. The number of carbonyl (C=O) groups is 2. The molecule has 1 heterocycles. The Labute approximate surface area is 112 Å². The van der Waals surface area contributed by atoms with E-state index in [1.807, 2.05) is 6.92 Å². The molecule has 2 amide bonds. The number of amides is 2. The molecule has 19 heavy (non-hydrogen) atoms.